The third-order valence-electron chi connectivity index (χ3n) is 7.91. The maximum atomic E-state index is 8.32. The standard InChI is InChI=1S/2C9H7.2C3H7.CH2.2ClH.Zr/c2*1-2-5-9-7-3-6-8(9)4-1;2*1-3-2;;;;/h2*1-7H;2*1,3H2,2H3;1H2;2*1H;/q;;;;;;;+2/p-2. The molecule has 148 valence electrons. The van der Waals surface area contributed by atoms with Crippen molar-refractivity contribution in [2.24, 2.45) is 0 Å². The molecule has 0 heterocycles. The van der Waals surface area contributed by atoms with Gasteiger partial charge in [0.15, 0.2) is 0 Å². The van der Waals surface area contributed by atoms with Crippen LogP contribution in [-0.2, 0) is 12.9 Å². The quantitative estimate of drug-likeness (QED) is 0.378. The molecule has 2 unspecified atom stereocenters. The van der Waals surface area contributed by atoms with E-state index in [1.165, 1.54) is 22.3 Å². The van der Waals surface area contributed by atoms with Gasteiger partial charge < -0.3 is 0 Å². The van der Waals surface area contributed by atoms with Gasteiger partial charge >= 0.3 is 171 Å². The van der Waals surface area contributed by atoms with E-state index < -0.39 is 12.9 Å². The molecule has 28 heavy (non-hydrogen) atoms. The molecule has 0 aliphatic heterocycles. The Hall–Kier alpha value is -0.747. The molecule has 0 saturated heterocycles. The van der Waals surface area contributed by atoms with Gasteiger partial charge in [-0.15, -0.1) is 0 Å². The Labute approximate surface area is 170 Å². The van der Waals surface area contributed by atoms with Gasteiger partial charge in [0.05, 0.1) is 0 Å². The van der Waals surface area contributed by atoms with Gasteiger partial charge in [-0.2, -0.15) is 0 Å². The molecule has 0 bridgehead atoms. The molecule has 2 aliphatic rings. The van der Waals surface area contributed by atoms with E-state index >= 15 is 0 Å². The van der Waals surface area contributed by atoms with E-state index in [0.29, 0.717) is 0 Å². The SMILES string of the molecule is [CH2]=[Zr]([Cl])([Cl])([CH2]CC)([CH2]CC)([CH]1C=Cc2ccccc21)[CH]1C=Cc2ccccc21. The Bertz CT molecular complexity index is 1060. The normalized spacial score (nSPS) is 24.1. The van der Waals surface area contributed by atoms with Gasteiger partial charge in [0.1, 0.15) is 0 Å². The van der Waals surface area contributed by atoms with Crippen LogP contribution < -0.4 is 0 Å². The predicted octanol–water partition coefficient (Wildman–Crippen LogP) is 8.68. The van der Waals surface area contributed by atoms with Gasteiger partial charge in [0.25, 0.3) is 0 Å². The first-order valence-electron chi connectivity index (χ1n) is 10.6. The fourth-order valence-electron chi connectivity index (χ4n) is 6.84. The molecule has 2 aromatic rings. The van der Waals surface area contributed by atoms with Gasteiger partial charge in [-0.25, -0.2) is 0 Å². The summed E-state index contributed by atoms with van der Waals surface area (Å²) < 4.78 is 6.62. The molecular weight excluding hydrogens is 462 g/mol. The topological polar surface area (TPSA) is 0 Å². The minimum atomic E-state index is -5.79. The molecule has 0 N–H and O–H groups in total. The number of benzene rings is 2. The van der Waals surface area contributed by atoms with Crippen molar-refractivity contribution in [3.05, 3.63) is 82.9 Å². The van der Waals surface area contributed by atoms with Crippen molar-refractivity contribution in [3.63, 3.8) is 0 Å². The van der Waals surface area contributed by atoms with Crippen molar-refractivity contribution in [2.45, 2.75) is 42.2 Å². The molecule has 2 atom stereocenters. The summed E-state index contributed by atoms with van der Waals surface area (Å²) in [6, 6.07) is 17.1. The Balaban J connectivity index is 2.12. The van der Waals surface area contributed by atoms with Gasteiger partial charge in [-0.1, -0.05) is 0 Å². The number of hydrogen-bond donors (Lipinski definition) is 0. The number of hydrogen-bond acceptors (Lipinski definition) is 0. The molecule has 0 nitrogen and oxygen atoms in total. The monoisotopic (exact) mass is 490 g/mol. The third-order valence-corrected chi connectivity index (χ3v) is 41.6. The first-order chi connectivity index (χ1) is 13.1. The molecular formula is C25H30Cl2Zr. The zero-order chi connectivity index (χ0) is 20.2. The zero-order valence-corrected chi connectivity index (χ0v) is 20.8. The summed E-state index contributed by atoms with van der Waals surface area (Å²) in [6.07, 6.45) is 10.8. The molecule has 0 aromatic heterocycles. The van der Waals surface area contributed by atoms with Crippen LogP contribution >= 0.6 is 17.0 Å². The average Bonchev–Trinajstić information content (AvgIpc) is 3.28. The third kappa shape index (κ3) is 2.49. The maximum absolute atomic E-state index is 8.32. The predicted molar refractivity (Wildman–Crippen MR) is 125 cm³/mol. The molecule has 0 fully saturated rings. The van der Waals surface area contributed by atoms with Crippen LogP contribution in [0.5, 0.6) is 0 Å². The molecule has 3 heteroatoms. The van der Waals surface area contributed by atoms with Crippen LogP contribution in [0.2, 0.25) is 8.26 Å². The Morgan fingerprint density at radius 1 is 0.750 bits per heavy atom. The van der Waals surface area contributed by atoms with Crippen molar-refractivity contribution < 1.29 is 12.9 Å². The second-order valence-corrected chi connectivity index (χ2v) is 50.4. The van der Waals surface area contributed by atoms with Crippen LogP contribution in [0, 0.1) is 0 Å². The fraction of sp³-hybridized carbons (Fsp3) is 0.320. The summed E-state index contributed by atoms with van der Waals surface area (Å²) in [7, 11) is 16.6. The fourth-order valence-corrected chi connectivity index (χ4v) is 38.9. The number of allylic oxidation sites excluding steroid dienone is 2. The second kappa shape index (κ2) is 5.69. The van der Waals surface area contributed by atoms with E-state index in [4.69, 9.17) is 21.2 Å². The van der Waals surface area contributed by atoms with Crippen molar-refractivity contribution in [3.8, 4) is 0 Å². The minimum absolute atomic E-state index is 0.0306. The first kappa shape index (κ1) is 20.5. The van der Waals surface area contributed by atoms with Crippen LogP contribution in [-0.4, -0.2) is 4.21 Å². The Morgan fingerprint density at radius 2 is 1.14 bits per heavy atom. The zero-order valence-electron chi connectivity index (χ0n) is 16.9. The molecule has 0 amide bonds. The van der Waals surface area contributed by atoms with E-state index in [2.05, 4.69) is 86.7 Å². The van der Waals surface area contributed by atoms with Crippen LogP contribution in [0.15, 0.2) is 60.7 Å². The second-order valence-electron chi connectivity index (χ2n) is 9.88. The molecule has 0 spiro atoms. The van der Waals surface area contributed by atoms with Crippen molar-refractivity contribution in [1.82, 2.24) is 0 Å². The number of halogens is 2. The molecule has 2 aromatic carbocycles. The van der Waals surface area contributed by atoms with E-state index in [1.807, 2.05) is 0 Å². The van der Waals surface area contributed by atoms with Crippen LogP contribution in [0.3, 0.4) is 0 Å². The van der Waals surface area contributed by atoms with E-state index in [-0.39, 0.29) is 7.25 Å². The summed E-state index contributed by atoms with van der Waals surface area (Å²) in [5.41, 5.74) is 4.97. The molecule has 0 radical (unpaired) electrons. The van der Waals surface area contributed by atoms with Crippen molar-refractivity contribution in [2.75, 3.05) is 0 Å². The van der Waals surface area contributed by atoms with Crippen molar-refractivity contribution in [1.29, 1.82) is 0 Å². The Kier molecular flexibility index (Phi) is 4.17. The molecule has 2 aliphatic carbocycles. The summed E-state index contributed by atoms with van der Waals surface area (Å²) in [5, 5.41) is 0. The first-order valence-corrected chi connectivity index (χ1v) is 25.0. The summed E-state index contributed by atoms with van der Waals surface area (Å²) in [4.78, 5) is 0. The van der Waals surface area contributed by atoms with Crippen molar-refractivity contribution >= 4 is 33.4 Å². The van der Waals surface area contributed by atoms with Gasteiger partial charge in [0, 0.05) is 0 Å². The average molecular weight is 493 g/mol. The van der Waals surface area contributed by atoms with E-state index in [9.17, 15) is 0 Å². The van der Waals surface area contributed by atoms with Gasteiger partial charge in [-0.3, -0.25) is 0 Å². The number of rotatable bonds is 6. The van der Waals surface area contributed by atoms with Gasteiger partial charge in [-0.05, 0) is 0 Å². The molecule has 0 saturated carbocycles. The van der Waals surface area contributed by atoms with Crippen LogP contribution in [0.1, 0.15) is 56.2 Å². The van der Waals surface area contributed by atoms with Crippen LogP contribution in [0.4, 0.5) is 0 Å². The number of fused-ring (bicyclic) bond motifs is 2. The van der Waals surface area contributed by atoms with Gasteiger partial charge in [0.2, 0.25) is 0 Å². The summed E-state index contributed by atoms with van der Waals surface area (Å²) in [6.45, 7) is 4.40. The summed E-state index contributed by atoms with van der Waals surface area (Å²) >= 11 is -5.79. The van der Waals surface area contributed by atoms with E-state index in [1.54, 1.807) is 0 Å². The Morgan fingerprint density at radius 3 is 1.54 bits per heavy atom. The van der Waals surface area contributed by atoms with Crippen LogP contribution in [0.25, 0.3) is 12.2 Å². The van der Waals surface area contributed by atoms with E-state index in [0.717, 1.165) is 21.1 Å². The summed E-state index contributed by atoms with van der Waals surface area (Å²) in [5.74, 6) is 0. The molecule has 4 rings (SSSR count).